The topological polar surface area (TPSA) is 46.8 Å². The van der Waals surface area contributed by atoms with Crippen LogP contribution in [0.2, 0.25) is 0 Å². The first-order valence-corrected chi connectivity index (χ1v) is 3.80. The van der Waals surface area contributed by atoms with Gasteiger partial charge in [0.05, 0.1) is 6.07 Å². The zero-order valence-corrected chi connectivity index (χ0v) is 9.34. The Hall–Kier alpha value is -0.230. The molecular formula is C9H10NNaO. The third-order valence-electron chi connectivity index (χ3n) is 1.88. The quantitative estimate of drug-likeness (QED) is 0.267. The fourth-order valence-corrected chi connectivity index (χ4v) is 1.26. The molecule has 0 unspecified atom stereocenters. The van der Waals surface area contributed by atoms with Crippen LogP contribution in [0.25, 0.3) is 0 Å². The minimum Gasteiger partial charge on any atom is -0.877 e. The molecule has 2 nitrogen and oxygen atoms in total. The van der Waals surface area contributed by atoms with Gasteiger partial charge in [0.1, 0.15) is 0 Å². The smallest absolute Gasteiger partial charge is 0.877 e. The molecule has 0 atom stereocenters. The maximum atomic E-state index is 10.3. The Morgan fingerprint density at radius 2 is 2.33 bits per heavy atom. The van der Waals surface area contributed by atoms with Crippen molar-refractivity contribution in [3.8, 4) is 6.07 Å². The van der Waals surface area contributed by atoms with Gasteiger partial charge in [0.2, 0.25) is 0 Å². The second-order valence-electron chi connectivity index (χ2n) is 2.62. The number of nitrogens with zero attached hydrogens (tertiary/aromatic N) is 1. The molecule has 0 aromatic carbocycles. The Bertz CT molecular complexity index is 237. The molecular weight excluding hydrogens is 161 g/mol. The summed E-state index contributed by atoms with van der Waals surface area (Å²) in [5.41, 5.74) is 1.25. The first kappa shape index (κ1) is 11.8. The summed E-state index contributed by atoms with van der Waals surface area (Å²) in [6, 6.07) is 1.90. The Labute approximate surface area is 94.9 Å². The summed E-state index contributed by atoms with van der Waals surface area (Å²) in [7, 11) is 0. The van der Waals surface area contributed by atoms with E-state index < -0.39 is 0 Å². The predicted octanol–water partition coefficient (Wildman–Crippen LogP) is -1.74. The number of hydrogen-bond acceptors (Lipinski definition) is 2. The van der Waals surface area contributed by atoms with E-state index in [-0.39, 0.29) is 29.6 Å². The Balaban J connectivity index is 0.00000121. The van der Waals surface area contributed by atoms with Crippen molar-refractivity contribution in [1.29, 1.82) is 5.26 Å². The Morgan fingerprint density at radius 3 is 2.75 bits per heavy atom. The molecule has 0 spiro atoms. The van der Waals surface area contributed by atoms with Crippen molar-refractivity contribution in [2.24, 2.45) is 0 Å². The van der Waals surface area contributed by atoms with Crippen molar-refractivity contribution in [2.45, 2.75) is 25.7 Å². The van der Waals surface area contributed by atoms with Crippen LogP contribution in [0.1, 0.15) is 25.7 Å². The van der Waals surface area contributed by atoms with Crippen LogP contribution in [0.5, 0.6) is 0 Å². The fourth-order valence-electron chi connectivity index (χ4n) is 1.26. The number of nitriles is 1. The third kappa shape index (κ3) is 3.02. The zero-order chi connectivity index (χ0) is 8.10. The minimum atomic E-state index is 0. The molecule has 0 bridgehead atoms. The van der Waals surface area contributed by atoms with Crippen molar-refractivity contribution >= 4 is 0 Å². The molecule has 0 fully saturated rings. The van der Waals surface area contributed by atoms with E-state index >= 15 is 0 Å². The normalized spacial score (nSPS) is 17.2. The second kappa shape index (κ2) is 6.30. The summed E-state index contributed by atoms with van der Waals surface area (Å²) in [5.74, 6) is 0. The van der Waals surface area contributed by atoms with E-state index in [1.165, 1.54) is 6.42 Å². The maximum absolute atomic E-state index is 10.3. The zero-order valence-electron chi connectivity index (χ0n) is 7.34. The van der Waals surface area contributed by atoms with Gasteiger partial charge in [-0.15, -0.1) is 6.26 Å². The second-order valence-corrected chi connectivity index (χ2v) is 2.62. The molecule has 0 amide bonds. The average molecular weight is 171 g/mol. The van der Waals surface area contributed by atoms with Gasteiger partial charge < -0.3 is 5.11 Å². The van der Waals surface area contributed by atoms with Crippen LogP contribution >= 0.6 is 0 Å². The molecule has 1 aliphatic carbocycles. The van der Waals surface area contributed by atoms with Crippen LogP contribution in [0.3, 0.4) is 0 Å². The van der Waals surface area contributed by atoms with Crippen LogP contribution in [-0.4, -0.2) is 0 Å². The average Bonchev–Trinajstić information content (AvgIpc) is 2.09. The molecule has 12 heavy (non-hydrogen) atoms. The molecule has 0 N–H and O–H groups in total. The van der Waals surface area contributed by atoms with Gasteiger partial charge in [-0.05, 0) is 31.3 Å². The van der Waals surface area contributed by atoms with E-state index in [4.69, 9.17) is 5.26 Å². The van der Waals surface area contributed by atoms with E-state index in [0.717, 1.165) is 24.8 Å². The molecule has 0 aromatic heterocycles. The van der Waals surface area contributed by atoms with Gasteiger partial charge in [0, 0.05) is 5.57 Å². The number of rotatable bonds is 1. The molecule has 0 aliphatic heterocycles. The summed E-state index contributed by atoms with van der Waals surface area (Å²) < 4.78 is 0. The van der Waals surface area contributed by atoms with Gasteiger partial charge >= 0.3 is 29.6 Å². The van der Waals surface area contributed by atoms with Gasteiger partial charge in [0.25, 0.3) is 0 Å². The molecule has 0 saturated heterocycles. The van der Waals surface area contributed by atoms with Crippen LogP contribution in [0.4, 0.5) is 0 Å². The Kier molecular flexibility index (Phi) is 6.18. The van der Waals surface area contributed by atoms with Gasteiger partial charge in [0.15, 0.2) is 0 Å². The van der Waals surface area contributed by atoms with Gasteiger partial charge in [-0.3, -0.25) is 0 Å². The van der Waals surface area contributed by atoms with Crippen LogP contribution < -0.4 is 34.7 Å². The summed E-state index contributed by atoms with van der Waals surface area (Å²) >= 11 is 0. The van der Waals surface area contributed by atoms with Crippen molar-refractivity contribution in [3.05, 3.63) is 23.5 Å². The predicted molar refractivity (Wildman–Crippen MR) is 40.2 cm³/mol. The summed E-state index contributed by atoms with van der Waals surface area (Å²) in [4.78, 5) is 0. The van der Waals surface area contributed by atoms with Gasteiger partial charge in [-0.2, -0.15) is 5.26 Å². The summed E-state index contributed by atoms with van der Waals surface area (Å²) in [6.07, 6.45) is 6.83. The van der Waals surface area contributed by atoms with E-state index in [1.54, 1.807) is 0 Å². The van der Waals surface area contributed by atoms with E-state index in [9.17, 15) is 5.11 Å². The largest absolute Gasteiger partial charge is 1.00 e. The molecule has 0 saturated carbocycles. The number of hydrogen-bond donors (Lipinski definition) is 0. The van der Waals surface area contributed by atoms with Gasteiger partial charge in [-0.1, -0.05) is 6.08 Å². The monoisotopic (exact) mass is 171 g/mol. The molecule has 1 rings (SSSR count). The van der Waals surface area contributed by atoms with Crippen LogP contribution in [0, 0.1) is 11.3 Å². The molecule has 0 aromatic rings. The summed E-state index contributed by atoms with van der Waals surface area (Å²) in [5, 5.41) is 18.9. The molecule has 1 aliphatic rings. The van der Waals surface area contributed by atoms with Crippen LogP contribution in [0.15, 0.2) is 23.5 Å². The van der Waals surface area contributed by atoms with E-state index in [1.807, 2.05) is 12.1 Å². The minimum absolute atomic E-state index is 0. The molecule has 3 heteroatoms. The van der Waals surface area contributed by atoms with Crippen molar-refractivity contribution in [1.82, 2.24) is 0 Å². The molecule has 0 heterocycles. The van der Waals surface area contributed by atoms with Crippen molar-refractivity contribution in [2.75, 3.05) is 0 Å². The first-order chi connectivity index (χ1) is 5.38. The van der Waals surface area contributed by atoms with E-state index in [0.29, 0.717) is 11.8 Å². The van der Waals surface area contributed by atoms with E-state index in [2.05, 4.69) is 0 Å². The summed E-state index contributed by atoms with van der Waals surface area (Å²) in [6.45, 7) is 0. The van der Waals surface area contributed by atoms with Gasteiger partial charge in [-0.25, -0.2) is 0 Å². The SMILES string of the molecule is N#C/C(=C\[O-])C1=CCCCC1.[Na+]. The maximum Gasteiger partial charge on any atom is 1.00 e. The van der Waals surface area contributed by atoms with Crippen molar-refractivity contribution in [3.63, 3.8) is 0 Å². The Morgan fingerprint density at radius 1 is 1.58 bits per heavy atom. The van der Waals surface area contributed by atoms with Crippen molar-refractivity contribution < 1.29 is 34.7 Å². The fraction of sp³-hybridized carbons (Fsp3) is 0.444. The first-order valence-electron chi connectivity index (χ1n) is 3.80. The molecule has 0 radical (unpaired) electrons. The molecule has 58 valence electrons. The van der Waals surface area contributed by atoms with Crippen LogP contribution in [-0.2, 0) is 0 Å². The third-order valence-corrected chi connectivity index (χ3v) is 1.88. The standard InChI is InChI=1S/C9H11NO.Na/c10-6-9(7-11)8-4-2-1-3-5-8;/h4,7,11H,1-3,5H2;/q;+1/p-1/b9-7+;. The number of allylic oxidation sites excluding steroid dienone is 3.